The maximum atomic E-state index is 12.5. The van der Waals surface area contributed by atoms with E-state index in [-0.39, 0.29) is 18.1 Å². The number of hydrogen-bond donors (Lipinski definition) is 1. The van der Waals surface area contributed by atoms with E-state index in [1.165, 1.54) is 11.1 Å². The van der Waals surface area contributed by atoms with Gasteiger partial charge in [-0.3, -0.25) is 9.36 Å². The fourth-order valence-corrected chi connectivity index (χ4v) is 4.33. The average Bonchev–Trinajstić information content (AvgIpc) is 3.31. The SMILES string of the molecule is CC(=O)n1ccc2cc(CCC(CCc3ccccc3)OC(=O)NCCc3ccccc3)ccc21. The van der Waals surface area contributed by atoms with E-state index in [0.717, 1.165) is 48.6 Å². The Kier molecular flexibility index (Phi) is 8.34. The molecule has 0 saturated carbocycles. The molecule has 1 heterocycles. The van der Waals surface area contributed by atoms with Crippen molar-refractivity contribution in [2.75, 3.05) is 6.54 Å². The first-order chi connectivity index (χ1) is 17.1. The Hall–Kier alpha value is -3.86. The number of hydrogen-bond acceptors (Lipinski definition) is 3. The van der Waals surface area contributed by atoms with Gasteiger partial charge in [0.05, 0.1) is 5.52 Å². The van der Waals surface area contributed by atoms with Gasteiger partial charge in [0, 0.05) is 25.1 Å². The van der Waals surface area contributed by atoms with Gasteiger partial charge in [0.2, 0.25) is 5.91 Å². The maximum absolute atomic E-state index is 12.5. The summed E-state index contributed by atoms with van der Waals surface area (Å²) >= 11 is 0. The largest absolute Gasteiger partial charge is 0.446 e. The number of nitrogens with zero attached hydrogens (tertiary/aromatic N) is 1. The third-order valence-electron chi connectivity index (χ3n) is 6.25. The van der Waals surface area contributed by atoms with Crippen molar-refractivity contribution < 1.29 is 14.3 Å². The lowest BCUT2D eigenvalue weighted by Gasteiger charge is -2.19. The highest BCUT2D eigenvalue weighted by Gasteiger charge is 2.15. The van der Waals surface area contributed by atoms with Gasteiger partial charge in [-0.05, 0) is 67.0 Å². The van der Waals surface area contributed by atoms with Crippen LogP contribution in [0, 0.1) is 0 Å². The summed E-state index contributed by atoms with van der Waals surface area (Å²) in [6, 6.07) is 28.5. The van der Waals surface area contributed by atoms with Gasteiger partial charge < -0.3 is 10.1 Å². The summed E-state index contributed by atoms with van der Waals surface area (Å²) < 4.78 is 7.51. The molecule has 5 heteroatoms. The Balaban J connectivity index is 1.35. The van der Waals surface area contributed by atoms with Gasteiger partial charge in [-0.25, -0.2) is 4.79 Å². The van der Waals surface area contributed by atoms with E-state index in [4.69, 9.17) is 4.74 Å². The Bertz CT molecular complexity index is 1250. The first kappa shape index (κ1) is 24.3. The summed E-state index contributed by atoms with van der Waals surface area (Å²) in [6.07, 6.45) is 5.16. The lowest BCUT2D eigenvalue weighted by atomic mass is 10.0. The molecular weight excluding hydrogens is 436 g/mol. The van der Waals surface area contributed by atoms with Gasteiger partial charge in [-0.1, -0.05) is 66.7 Å². The molecule has 0 aliphatic carbocycles. The number of fused-ring (bicyclic) bond motifs is 1. The summed E-state index contributed by atoms with van der Waals surface area (Å²) in [7, 11) is 0. The number of carbonyl (C=O) groups excluding carboxylic acids is 2. The molecule has 0 radical (unpaired) electrons. The molecule has 1 N–H and O–H groups in total. The molecule has 4 aromatic rings. The van der Waals surface area contributed by atoms with Gasteiger partial charge in [0.15, 0.2) is 0 Å². The summed E-state index contributed by atoms with van der Waals surface area (Å²) in [5.41, 5.74) is 4.49. The summed E-state index contributed by atoms with van der Waals surface area (Å²) in [5, 5.41) is 3.94. The van der Waals surface area contributed by atoms with Crippen molar-refractivity contribution >= 4 is 22.9 Å². The van der Waals surface area contributed by atoms with Crippen LogP contribution in [0.3, 0.4) is 0 Å². The zero-order valence-electron chi connectivity index (χ0n) is 20.2. The smallest absolute Gasteiger partial charge is 0.407 e. The van der Waals surface area contributed by atoms with Crippen molar-refractivity contribution in [3.8, 4) is 0 Å². The van der Waals surface area contributed by atoms with E-state index in [1.54, 1.807) is 11.5 Å². The normalized spacial score (nSPS) is 11.8. The van der Waals surface area contributed by atoms with E-state index >= 15 is 0 Å². The number of rotatable bonds is 10. The quantitative estimate of drug-likeness (QED) is 0.301. The van der Waals surface area contributed by atoms with Crippen LogP contribution in [-0.4, -0.2) is 29.2 Å². The number of alkyl carbamates (subject to hydrolysis) is 1. The van der Waals surface area contributed by atoms with Gasteiger partial charge in [-0.2, -0.15) is 0 Å². The second-order valence-corrected chi connectivity index (χ2v) is 8.85. The number of amides is 1. The molecule has 180 valence electrons. The molecule has 1 unspecified atom stereocenters. The van der Waals surface area contributed by atoms with Crippen molar-refractivity contribution in [3.63, 3.8) is 0 Å². The summed E-state index contributed by atoms with van der Waals surface area (Å²) in [4.78, 5) is 24.3. The third kappa shape index (κ3) is 7.06. The number of aromatic nitrogens is 1. The molecule has 1 aromatic heterocycles. The summed E-state index contributed by atoms with van der Waals surface area (Å²) in [6.45, 7) is 2.10. The average molecular weight is 469 g/mol. The molecule has 5 nitrogen and oxygen atoms in total. The monoisotopic (exact) mass is 468 g/mol. The van der Waals surface area contributed by atoms with E-state index < -0.39 is 0 Å². The maximum Gasteiger partial charge on any atom is 0.407 e. The van der Waals surface area contributed by atoms with Crippen LogP contribution >= 0.6 is 0 Å². The number of aryl methyl sites for hydroxylation is 2. The number of nitrogens with one attached hydrogen (secondary N) is 1. The molecule has 1 amide bonds. The van der Waals surface area contributed by atoms with Crippen molar-refractivity contribution in [2.24, 2.45) is 0 Å². The first-order valence-corrected chi connectivity index (χ1v) is 12.2. The van der Waals surface area contributed by atoms with Gasteiger partial charge >= 0.3 is 6.09 Å². The van der Waals surface area contributed by atoms with Crippen LogP contribution in [0.15, 0.2) is 91.1 Å². The summed E-state index contributed by atoms with van der Waals surface area (Å²) in [5.74, 6) is 0.000373. The lowest BCUT2D eigenvalue weighted by molar-refractivity contribution is 0.0878. The highest BCUT2D eigenvalue weighted by atomic mass is 16.6. The Morgan fingerprint density at radius 2 is 1.43 bits per heavy atom. The third-order valence-corrected chi connectivity index (χ3v) is 6.25. The molecule has 0 aliphatic rings. The van der Waals surface area contributed by atoms with Crippen LogP contribution in [0.2, 0.25) is 0 Å². The van der Waals surface area contributed by atoms with E-state index in [2.05, 4.69) is 41.7 Å². The topological polar surface area (TPSA) is 60.3 Å². The lowest BCUT2D eigenvalue weighted by Crippen LogP contribution is -2.31. The van der Waals surface area contributed by atoms with Crippen molar-refractivity contribution in [2.45, 2.75) is 45.1 Å². The van der Waals surface area contributed by atoms with Gasteiger partial charge in [0.25, 0.3) is 0 Å². The minimum atomic E-state index is -0.368. The minimum absolute atomic E-state index is 0.000373. The fraction of sp³-hybridized carbons (Fsp3) is 0.267. The number of ether oxygens (including phenoxy) is 1. The zero-order chi connectivity index (χ0) is 24.5. The molecule has 35 heavy (non-hydrogen) atoms. The van der Waals surface area contributed by atoms with Crippen molar-refractivity contribution in [1.82, 2.24) is 9.88 Å². The number of carbonyl (C=O) groups is 2. The van der Waals surface area contributed by atoms with Crippen LogP contribution in [-0.2, 0) is 24.0 Å². The van der Waals surface area contributed by atoms with Crippen LogP contribution < -0.4 is 5.32 Å². The van der Waals surface area contributed by atoms with Crippen molar-refractivity contribution in [1.29, 1.82) is 0 Å². The van der Waals surface area contributed by atoms with Crippen molar-refractivity contribution in [3.05, 3.63) is 108 Å². The van der Waals surface area contributed by atoms with Crippen LogP contribution in [0.25, 0.3) is 10.9 Å². The van der Waals surface area contributed by atoms with Gasteiger partial charge in [-0.15, -0.1) is 0 Å². The predicted molar refractivity (Wildman–Crippen MR) is 140 cm³/mol. The molecule has 0 saturated heterocycles. The first-order valence-electron chi connectivity index (χ1n) is 12.2. The molecule has 3 aromatic carbocycles. The second-order valence-electron chi connectivity index (χ2n) is 8.85. The predicted octanol–water partition coefficient (Wildman–Crippen LogP) is 6.20. The molecule has 4 rings (SSSR count). The Morgan fingerprint density at radius 3 is 2.09 bits per heavy atom. The fourth-order valence-electron chi connectivity index (χ4n) is 4.33. The van der Waals surface area contributed by atoms with Gasteiger partial charge in [0.1, 0.15) is 6.10 Å². The molecule has 0 aliphatic heterocycles. The van der Waals surface area contributed by atoms with E-state index in [0.29, 0.717) is 6.54 Å². The molecule has 1 atom stereocenters. The van der Waals surface area contributed by atoms with Crippen LogP contribution in [0.1, 0.15) is 41.3 Å². The molecule has 0 spiro atoms. The highest BCUT2D eigenvalue weighted by Crippen LogP contribution is 2.20. The molecular formula is C30H32N2O3. The van der Waals surface area contributed by atoms with Crippen LogP contribution in [0.4, 0.5) is 4.79 Å². The number of benzene rings is 3. The van der Waals surface area contributed by atoms with E-state index in [9.17, 15) is 9.59 Å². The standard InChI is InChI=1S/C30H32N2O3/c1-23(33)32-21-19-27-22-26(14-17-29(27)32)13-16-28(15-12-24-8-4-2-5-9-24)35-30(34)31-20-18-25-10-6-3-7-11-25/h2-11,14,17,19,21-22,28H,12-13,15-16,18,20H2,1H3,(H,31,34). The molecule has 0 bridgehead atoms. The Labute approximate surface area is 206 Å². The molecule has 0 fully saturated rings. The van der Waals surface area contributed by atoms with Crippen LogP contribution in [0.5, 0.6) is 0 Å². The highest BCUT2D eigenvalue weighted by molar-refractivity contribution is 5.91. The zero-order valence-corrected chi connectivity index (χ0v) is 20.2. The second kappa shape index (κ2) is 12.0. The van der Waals surface area contributed by atoms with E-state index in [1.807, 2.05) is 54.7 Å². The minimum Gasteiger partial charge on any atom is -0.446 e. The Morgan fingerprint density at radius 1 is 0.800 bits per heavy atom.